The fourth-order valence-corrected chi connectivity index (χ4v) is 3.09. The average molecular weight is 378 g/mol. The molecule has 0 atom stereocenters. The second-order valence-corrected chi connectivity index (χ2v) is 7.00. The number of hydrogen-bond donors (Lipinski definition) is 4. The molecule has 0 spiro atoms. The number of aliphatic hydroxyl groups excluding tert-OH is 4. The molecule has 0 unspecified atom stereocenters. The third-order valence-corrected chi connectivity index (χ3v) is 4.56. The fourth-order valence-electron chi connectivity index (χ4n) is 3.09. The molecule has 0 amide bonds. The molecular formula is C19H43N3O4. The summed E-state index contributed by atoms with van der Waals surface area (Å²) >= 11 is 0. The van der Waals surface area contributed by atoms with Crippen molar-refractivity contribution in [1.29, 1.82) is 0 Å². The number of hydrogen-bond acceptors (Lipinski definition) is 7. The van der Waals surface area contributed by atoms with Crippen molar-refractivity contribution < 1.29 is 20.4 Å². The second-order valence-electron chi connectivity index (χ2n) is 7.00. The van der Waals surface area contributed by atoms with Gasteiger partial charge < -0.3 is 35.1 Å². The molecule has 26 heavy (non-hydrogen) atoms. The lowest BCUT2D eigenvalue weighted by molar-refractivity contribution is 0.185. The molecule has 0 aromatic carbocycles. The van der Waals surface area contributed by atoms with Gasteiger partial charge in [-0.2, -0.15) is 0 Å². The first-order valence-electron chi connectivity index (χ1n) is 10.2. The highest BCUT2D eigenvalue weighted by Gasteiger charge is 2.07. The monoisotopic (exact) mass is 377 g/mol. The number of aliphatic hydroxyl groups is 4. The van der Waals surface area contributed by atoms with Gasteiger partial charge in [-0.1, -0.05) is 0 Å². The van der Waals surface area contributed by atoms with Crippen LogP contribution >= 0.6 is 0 Å². The van der Waals surface area contributed by atoms with Crippen molar-refractivity contribution in [3.05, 3.63) is 0 Å². The van der Waals surface area contributed by atoms with Crippen molar-refractivity contribution in [3.63, 3.8) is 0 Å². The van der Waals surface area contributed by atoms with Gasteiger partial charge in [0.15, 0.2) is 0 Å². The summed E-state index contributed by atoms with van der Waals surface area (Å²) in [5.41, 5.74) is 0. The summed E-state index contributed by atoms with van der Waals surface area (Å²) in [4.78, 5) is 7.00. The molecule has 7 heteroatoms. The fraction of sp³-hybridized carbons (Fsp3) is 1.00. The minimum Gasteiger partial charge on any atom is -0.396 e. The van der Waals surface area contributed by atoms with Crippen LogP contribution in [0.5, 0.6) is 0 Å². The Kier molecular flexibility index (Phi) is 19.3. The molecule has 0 fully saturated rings. The highest BCUT2D eigenvalue weighted by molar-refractivity contribution is 4.63. The van der Waals surface area contributed by atoms with E-state index in [9.17, 15) is 0 Å². The zero-order valence-electron chi connectivity index (χ0n) is 16.9. The molecule has 0 saturated heterocycles. The molecule has 4 N–H and O–H groups in total. The minimum absolute atomic E-state index is 0.221. The smallest absolute Gasteiger partial charge is 0.0443 e. The highest BCUT2D eigenvalue weighted by Crippen LogP contribution is 2.01. The van der Waals surface area contributed by atoms with E-state index in [1.807, 2.05) is 0 Å². The van der Waals surface area contributed by atoms with Crippen LogP contribution in [0.25, 0.3) is 0 Å². The summed E-state index contributed by atoms with van der Waals surface area (Å²) in [5, 5.41) is 36.0. The Labute approximate surface area is 160 Å². The largest absolute Gasteiger partial charge is 0.396 e. The van der Waals surface area contributed by atoms with Gasteiger partial charge in [-0.05, 0) is 71.8 Å². The summed E-state index contributed by atoms with van der Waals surface area (Å²) in [5.74, 6) is 0. The second kappa shape index (κ2) is 19.5. The predicted molar refractivity (Wildman–Crippen MR) is 106 cm³/mol. The van der Waals surface area contributed by atoms with E-state index in [-0.39, 0.29) is 26.4 Å². The van der Waals surface area contributed by atoms with E-state index in [4.69, 9.17) is 20.4 Å². The average Bonchev–Trinajstić information content (AvgIpc) is 2.65. The molecule has 0 heterocycles. The lowest BCUT2D eigenvalue weighted by atomic mass is 10.2. The first-order valence-corrected chi connectivity index (χ1v) is 10.2. The Morgan fingerprint density at radius 2 is 0.692 bits per heavy atom. The molecule has 0 aromatic rings. The summed E-state index contributed by atoms with van der Waals surface area (Å²) < 4.78 is 0. The number of rotatable bonds is 20. The van der Waals surface area contributed by atoms with E-state index in [1.165, 1.54) is 0 Å². The summed E-state index contributed by atoms with van der Waals surface area (Å²) in [6, 6.07) is 0. The summed E-state index contributed by atoms with van der Waals surface area (Å²) in [6.07, 6.45) is 5.34. The topological polar surface area (TPSA) is 90.6 Å². The maximum absolute atomic E-state index is 8.99. The van der Waals surface area contributed by atoms with Gasteiger partial charge in [0.05, 0.1) is 0 Å². The molecule has 0 aliphatic rings. The Morgan fingerprint density at radius 3 is 0.962 bits per heavy atom. The van der Waals surface area contributed by atoms with E-state index in [2.05, 4.69) is 21.7 Å². The molecule has 0 radical (unpaired) electrons. The zero-order valence-corrected chi connectivity index (χ0v) is 16.9. The normalized spacial score (nSPS) is 12.0. The molecule has 0 aliphatic carbocycles. The van der Waals surface area contributed by atoms with Crippen LogP contribution in [-0.4, -0.2) is 121 Å². The summed E-state index contributed by atoms with van der Waals surface area (Å²) in [7, 11) is 2.15. The van der Waals surface area contributed by atoms with Crippen molar-refractivity contribution in [1.82, 2.24) is 14.7 Å². The molecular weight excluding hydrogens is 334 g/mol. The predicted octanol–water partition coefficient (Wildman–Crippen LogP) is -0.168. The van der Waals surface area contributed by atoms with Crippen LogP contribution in [0.2, 0.25) is 0 Å². The zero-order chi connectivity index (χ0) is 19.5. The number of nitrogens with zero attached hydrogens (tertiary/aromatic N) is 3. The molecule has 0 aliphatic heterocycles. The maximum Gasteiger partial charge on any atom is 0.0443 e. The van der Waals surface area contributed by atoms with E-state index in [0.29, 0.717) is 0 Å². The van der Waals surface area contributed by atoms with E-state index in [0.717, 1.165) is 90.9 Å². The third-order valence-electron chi connectivity index (χ3n) is 4.56. The SMILES string of the molecule is CN(CCCN(CCCO)CCCO)CCCN(CCCO)CCCO. The van der Waals surface area contributed by atoms with Gasteiger partial charge in [0, 0.05) is 52.6 Å². The van der Waals surface area contributed by atoms with Gasteiger partial charge in [0.2, 0.25) is 0 Å². The van der Waals surface area contributed by atoms with Crippen molar-refractivity contribution in [2.24, 2.45) is 0 Å². The summed E-state index contributed by atoms with van der Waals surface area (Å²) in [6.45, 7) is 8.55. The highest BCUT2D eigenvalue weighted by atomic mass is 16.3. The first-order chi connectivity index (χ1) is 12.7. The molecule has 7 nitrogen and oxygen atoms in total. The third kappa shape index (κ3) is 15.9. The Hall–Kier alpha value is -0.280. The van der Waals surface area contributed by atoms with Gasteiger partial charge in [-0.25, -0.2) is 0 Å². The molecule has 0 aromatic heterocycles. The molecule has 158 valence electrons. The van der Waals surface area contributed by atoms with Crippen LogP contribution in [0, 0.1) is 0 Å². The van der Waals surface area contributed by atoms with Crippen LogP contribution in [0.3, 0.4) is 0 Å². The lowest BCUT2D eigenvalue weighted by Crippen LogP contribution is -2.33. The van der Waals surface area contributed by atoms with Crippen LogP contribution in [-0.2, 0) is 0 Å². The van der Waals surface area contributed by atoms with Crippen LogP contribution < -0.4 is 0 Å². The molecule has 0 rings (SSSR count). The van der Waals surface area contributed by atoms with Gasteiger partial charge >= 0.3 is 0 Å². The van der Waals surface area contributed by atoms with Crippen LogP contribution in [0.4, 0.5) is 0 Å². The van der Waals surface area contributed by atoms with E-state index in [1.54, 1.807) is 0 Å². The lowest BCUT2D eigenvalue weighted by Gasteiger charge is -2.25. The van der Waals surface area contributed by atoms with Crippen LogP contribution in [0.1, 0.15) is 38.5 Å². The van der Waals surface area contributed by atoms with E-state index < -0.39 is 0 Å². The van der Waals surface area contributed by atoms with Gasteiger partial charge in [0.1, 0.15) is 0 Å². The Balaban J connectivity index is 3.90. The first kappa shape index (κ1) is 25.7. The maximum atomic E-state index is 8.99. The quantitative estimate of drug-likeness (QED) is 0.234. The van der Waals surface area contributed by atoms with E-state index >= 15 is 0 Å². The van der Waals surface area contributed by atoms with Crippen molar-refractivity contribution in [3.8, 4) is 0 Å². The van der Waals surface area contributed by atoms with Crippen LogP contribution in [0.15, 0.2) is 0 Å². The van der Waals surface area contributed by atoms with Gasteiger partial charge in [0.25, 0.3) is 0 Å². The van der Waals surface area contributed by atoms with Crippen molar-refractivity contribution in [2.45, 2.75) is 38.5 Å². The standard InChI is InChI=1S/C19H43N3O4/c1-20(8-2-10-21(12-4-16-23)13-5-17-24)9-3-11-22(14-6-18-25)15-7-19-26/h23-26H,2-19H2,1H3. The van der Waals surface area contributed by atoms with Crippen molar-refractivity contribution in [2.75, 3.05) is 85.8 Å². The molecule has 0 bridgehead atoms. The van der Waals surface area contributed by atoms with Gasteiger partial charge in [-0.3, -0.25) is 0 Å². The minimum atomic E-state index is 0.221. The Morgan fingerprint density at radius 1 is 0.423 bits per heavy atom. The Bertz CT molecular complexity index is 244. The van der Waals surface area contributed by atoms with Crippen molar-refractivity contribution >= 4 is 0 Å². The molecule has 0 saturated carbocycles. The van der Waals surface area contributed by atoms with Gasteiger partial charge in [-0.15, -0.1) is 0 Å².